The number of benzene rings is 5. The SMILES string of the molecule is COCCC1(C)C(/C=C/C(=C/C=C2/N(CCCS(=O)(=O)O)c3ccc4c(S(=O)(=O)O)cc(S(=O)(=O)O)cc4c3C2(C)CCOC)c2c(OC)cc(OCC(=O)ON3C(=O)CCC3=O)cc2OC)=[N+](CCCS(=O)(=O)O)c2ccc3c(S(=O)(=O)O)cc(S(=O)(=O)O)cc3c21. The van der Waals surface area contributed by atoms with Crippen molar-refractivity contribution in [3.8, 4) is 17.2 Å². The van der Waals surface area contributed by atoms with Gasteiger partial charge in [0, 0.05) is 111 Å². The van der Waals surface area contributed by atoms with Gasteiger partial charge in [-0.2, -0.15) is 55.1 Å². The molecule has 504 valence electrons. The Morgan fingerprint density at radius 3 is 1.62 bits per heavy atom. The van der Waals surface area contributed by atoms with Gasteiger partial charge in [0.15, 0.2) is 12.3 Å². The Morgan fingerprint density at radius 1 is 0.624 bits per heavy atom. The highest BCUT2D eigenvalue weighted by Crippen LogP contribution is 2.55. The van der Waals surface area contributed by atoms with E-state index in [1.54, 1.807) is 23.3 Å². The van der Waals surface area contributed by atoms with Crippen LogP contribution in [0, 0.1) is 0 Å². The van der Waals surface area contributed by atoms with E-state index in [0.29, 0.717) is 17.2 Å². The van der Waals surface area contributed by atoms with E-state index in [-0.39, 0.29) is 149 Å². The number of imide groups is 1. The molecule has 0 aromatic heterocycles. The van der Waals surface area contributed by atoms with E-state index >= 15 is 0 Å². The fourth-order valence-corrected chi connectivity index (χ4v) is 15.5. The molecule has 6 N–H and O–H groups in total. The van der Waals surface area contributed by atoms with Gasteiger partial charge >= 0.3 is 5.97 Å². The summed E-state index contributed by atoms with van der Waals surface area (Å²) in [4.78, 5) is 40.4. The van der Waals surface area contributed by atoms with Crippen molar-refractivity contribution >= 4 is 123 Å². The van der Waals surface area contributed by atoms with Crippen molar-refractivity contribution in [3.63, 3.8) is 0 Å². The number of anilines is 1. The maximum Gasteiger partial charge on any atom is 0.370 e. The minimum Gasteiger partial charge on any atom is -0.496 e. The van der Waals surface area contributed by atoms with E-state index in [1.807, 2.05) is 0 Å². The lowest BCUT2D eigenvalue weighted by Gasteiger charge is -2.31. The largest absolute Gasteiger partial charge is 0.496 e. The summed E-state index contributed by atoms with van der Waals surface area (Å²) in [6, 6.07) is 11.1. The molecule has 5 aromatic carbocycles. The van der Waals surface area contributed by atoms with Crippen molar-refractivity contribution in [2.75, 3.05) is 77.8 Å². The predicted molar refractivity (Wildman–Crippen MR) is 331 cm³/mol. The van der Waals surface area contributed by atoms with Gasteiger partial charge in [-0.3, -0.25) is 36.9 Å². The lowest BCUT2D eigenvalue weighted by Crippen LogP contribution is -2.33. The highest BCUT2D eigenvalue weighted by molar-refractivity contribution is 7.87. The zero-order chi connectivity index (χ0) is 68.8. The summed E-state index contributed by atoms with van der Waals surface area (Å²) in [6.45, 7) is 1.79. The fraction of sp³-hybridized carbons (Fsp3) is 0.368. The molecule has 0 radical (unpaired) electrons. The normalized spacial score (nSPS) is 18.8. The molecule has 3 aliphatic heterocycles. The van der Waals surface area contributed by atoms with Crippen LogP contribution in [-0.2, 0) is 100 Å². The molecular formula is C57H64N3O27S6+. The highest BCUT2D eigenvalue weighted by atomic mass is 32.2. The van der Waals surface area contributed by atoms with Crippen molar-refractivity contribution in [1.29, 1.82) is 0 Å². The molecule has 0 bridgehead atoms. The van der Waals surface area contributed by atoms with Crippen LogP contribution in [0.4, 0.5) is 11.4 Å². The van der Waals surface area contributed by atoms with Gasteiger partial charge in [-0.1, -0.05) is 12.1 Å². The number of fused-ring (bicyclic) bond motifs is 6. The summed E-state index contributed by atoms with van der Waals surface area (Å²) in [5.41, 5.74) is -1.54. The number of rotatable bonds is 28. The van der Waals surface area contributed by atoms with Crippen molar-refractivity contribution in [2.45, 2.75) is 82.8 Å². The second kappa shape index (κ2) is 26.8. The van der Waals surface area contributed by atoms with Gasteiger partial charge in [0.05, 0.1) is 46.5 Å². The van der Waals surface area contributed by atoms with Crippen LogP contribution in [0.5, 0.6) is 17.2 Å². The van der Waals surface area contributed by atoms with Gasteiger partial charge in [0.25, 0.3) is 72.5 Å². The molecule has 0 aliphatic carbocycles. The summed E-state index contributed by atoms with van der Waals surface area (Å²) in [7, 11) is -25.0. The Kier molecular flexibility index (Phi) is 20.6. The number of methoxy groups -OCH3 is 4. The standard InChI is InChI=1S/C57H63N3O27S6/c1-56(19-23-82-3)48(58(21-7-25-88(64,65)66)42-13-11-38-40(54(42)56)29-36(90(70,71)72)31-46(38)92(76,77)78)15-9-34(53-44(84-5)27-35(28-45(53)85-6)86-33-52(63)87-60-50(61)17-18-51(60)62)10-16-49-57(2,20-24-83-4)55-41-30-37(91(73,74)75)32-47(93(79,80)81)39(41)12-14-43(55)59(49)22-8-26-89(67,68)69/h9-16,27-32H,7-8,17-26,33H2,1-6H3,(H5-,64,65,66,67,68,69,70,71,72,73,74,75,76,77,78,79,80,81)/p+1. The lowest BCUT2D eigenvalue weighted by molar-refractivity contribution is -0.437. The number of ether oxygens (including phenoxy) is 5. The van der Waals surface area contributed by atoms with Crippen molar-refractivity contribution in [1.82, 2.24) is 5.06 Å². The summed E-state index contributed by atoms with van der Waals surface area (Å²) < 4.78 is 245. The van der Waals surface area contributed by atoms with E-state index < -0.39 is 127 Å². The predicted octanol–water partition coefficient (Wildman–Crippen LogP) is 5.27. The highest BCUT2D eigenvalue weighted by Gasteiger charge is 2.50. The fourth-order valence-electron chi connectivity index (χ4n) is 11.9. The number of allylic oxidation sites excluding steroid dienone is 6. The van der Waals surface area contributed by atoms with Gasteiger partial charge in [0.2, 0.25) is 5.69 Å². The van der Waals surface area contributed by atoms with Crippen LogP contribution in [0.15, 0.2) is 110 Å². The lowest BCUT2D eigenvalue weighted by atomic mass is 9.74. The van der Waals surface area contributed by atoms with E-state index in [0.717, 1.165) is 12.1 Å². The third kappa shape index (κ3) is 15.3. The van der Waals surface area contributed by atoms with Crippen LogP contribution in [0.2, 0.25) is 0 Å². The van der Waals surface area contributed by atoms with Crippen molar-refractivity contribution in [3.05, 3.63) is 107 Å². The molecule has 5 aromatic rings. The van der Waals surface area contributed by atoms with Gasteiger partial charge in [-0.25, -0.2) is 4.79 Å². The number of nitrogens with zero attached hydrogens (tertiary/aromatic N) is 3. The van der Waals surface area contributed by atoms with Gasteiger partial charge in [0.1, 0.15) is 33.6 Å². The minimum atomic E-state index is -5.25. The second-order valence-corrected chi connectivity index (χ2v) is 30.8. The van der Waals surface area contributed by atoms with Crippen LogP contribution in [0.3, 0.4) is 0 Å². The topological polar surface area (TPSA) is 442 Å². The third-order valence-electron chi connectivity index (χ3n) is 16.0. The number of hydrogen-bond donors (Lipinski definition) is 6. The van der Waals surface area contributed by atoms with E-state index in [9.17, 15) is 92.2 Å². The first kappa shape index (κ1) is 71.5. The Bertz CT molecular complexity index is 4740. The Labute approximate surface area is 535 Å². The summed E-state index contributed by atoms with van der Waals surface area (Å²) in [5.74, 6) is -4.54. The van der Waals surface area contributed by atoms with Gasteiger partial charge in [-0.15, -0.1) is 5.06 Å². The van der Waals surface area contributed by atoms with Crippen molar-refractivity contribution < 1.29 is 125 Å². The summed E-state index contributed by atoms with van der Waals surface area (Å²) in [6.07, 6.45) is 5.04. The first-order valence-electron chi connectivity index (χ1n) is 27.7. The van der Waals surface area contributed by atoms with Crippen LogP contribution in [0.25, 0.3) is 27.1 Å². The van der Waals surface area contributed by atoms with Crippen LogP contribution < -0.4 is 19.1 Å². The zero-order valence-corrected chi connectivity index (χ0v) is 55.2. The van der Waals surface area contributed by atoms with Crippen LogP contribution in [0.1, 0.15) is 69.1 Å². The average Bonchev–Trinajstić information content (AvgIpc) is 1.59. The smallest absolute Gasteiger partial charge is 0.370 e. The second-order valence-electron chi connectivity index (χ2n) is 22.0. The minimum absolute atomic E-state index is 0.0349. The molecule has 0 saturated carbocycles. The number of hydroxylamine groups is 2. The monoisotopic (exact) mass is 1410 g/mol. The quantitative estimate of drug-likeness (QED) is 0.0161. The summed E-state index contributed by atoms with van der Waals surface area (Å²) >= 11 is 0. The Morgan fingerprint density at radius 2 is 1.13 bits per heavy atom. The molecule has 30 nitrogen and oxygen atoms in total. The number of carbonyl (C=O) groups excluding carboxylic acids is 3. The molecule has 3 aliphatic rings. The number of amides is 2. The summed E-state index contributed by atoms with van der Waals surface area (Å²) in [5, 5.41) is -0.349. The maximum atomic E-state index is 13.1. The average molecular weight is 1420 g/mol. The molecule has 0 spiro atoms. The molecule has 3 heterocycles. The first-order valence-corrected chi connectivity index (χ1v) is 36.7. The molecule has 93 heavy (non-hydrogen) atoms. The van der Waals surface area contributed by atoms with E-state index in [2.05, 4.69) is 0 Å². The molecule has 2 amide bonds. The Balaban J connectivity index is 1.46. The molecule has 36 heteroatoms. The third-order valence-corrected chi connectivity index (χ3v) is 21.1. The number of hydrogen-bond acceptors (Lipinski definition) is 22. The van der Waals surface area contributed by atoms with E-state index in [1.165, 1.54) is 89.1 Å². The molecule has 2 atom stereocenters. The first-order chi connectivity index (χ1) is 43.2. The maximum absolute atomic E-state index is 13.1. The van der Waals surface area contributed by atoms with Gasteiger partial charge < -0.3 is 33.4 Å². The van der Waals surface area contributed by atoms with Crippen LogP contribution in [-0.4, -0.2) is 184 Å². The van der Waals surface area contributed by atoms with E-state index in [4.69, 9.17) is 28.5 Å². The molecule has 2 unspecified atom stereocenters. The molecule has 1 fully saturated rings. The number of carbonyl (C=O) groups is 3. The van der Waals surface area contributed by atoms with Crippen LogP contribution >= 0.6 is 0 Å². The zero-order valence-electron chi connectivity index (χ0n) is 50.3. The molecule has 8 rings (SSSR count). The van der Waals surface area contributed by atoms with Crippen molar-refractivity contribution in [2.24, 2.45) is 0 Å². The Hall–Kier alpha value is -7.30. The molecule has 1 saturated heterocycles. The van der Waals surface area contributed by atoms with Gasteiger partial charge in [-0.05, 0) is 104 Å². The molecular weight excluding hydrogens is 1350 g/mol.